The molecular formula is C19H19ClF2N4OS. The minimum atomic E-state index is -0.560. The molecule has 2 aromatic heterocycles. The van der Waals surface area contributed by atoms with Crippen molar-refractivity contribution in [2.45, 2.75) is 13.0 Å². The van der Waals surface area contributed by atoms with Gasteiger partial charge in [-0.25, -0.2) is 13.8 Å². The summed E-state index contributed by atoms with van der Waals surface area (Å²) in [7, 11) is 0. The summed E-state index contributed by atoms with van der Waals surface area (Å²) in [4.78, 5) is 12.0. The van der Waals surface area contributed by atoms with E-state index in [0.29, 0.717) is 38.3 Å². The molecule has 0 atom stereocenters. The molecule has 148 valence electrons. The van der Waals surface area contributed by atoms with E-state index in [9.17, 15) is 8.78 Å². The summed E-state index contributed by atoms with van der Waals surface area (Å²) in [5, 5.41) is 3.54. The van der Waals surface area contributed by atoms with Gasteiger partial charge in [-0.05, 0) is 42.3 Å². The first-order valence-corrected chi connectivity index (χ1v) is 10.2. The van der Waals surface area contributed by atoms with Crippen molar-refractivity contribution >= 4 is 39.0 Å². The van der Waals surface area contributed by atoms with Crippen molar-refractivity contribution in [3.63, 3.8) is 0 Å². The van der Waals surface area contributed by atoms with E-state index in [4.69, 9.17) is 16.3 Å². The number of anilines is 1. The Morgan fingerprint density at radius 2 is 2.00 bits per heavy atom. The minimum Gasteiger partial charge on any atom is -0.378 e. The molecule has 0 unspecified atom stereocenters. The van der Waals surface area contributed by atoms with E-state index < -0.39 is 11.6 Å². The Kier molecular flexibility index (Phi) is 6.01. The summed E-state index contributed by atoms with van der Waals surface area (Å²) in [6.07, 6.45) is 0.488. The van der Waals surface area contributed by atoms with Crippen molar-refractivity contribution < 1.29 is 13.5 Å². The van der Waals surface area contributed by atoms with E-state index in [-0.39, 0.29) is 5.28 Å². The predicted octanol–water partition coefficient (Wildman–Crippen LogP) is 3.79. The maximum Gasteiger partial charge on any atom is 0.224 e. The van der Waals surface area contributed by atoms with Gasteiger partial charge in [0.25, 0.3) is 0 Å². The topological polar surface area (TPSA) is 50.3 Å². The first-order valence-electron chi connectivity index (χ1n) is 9.03. The summed E-state index contributed by atoms with van der Waals surface area (Å²) in [5.74, 6) is -0.220. The van der Waals surface area contributed by atoms with Crippen molar-refractivity contribution in [2.75, 3.05) is 37.7 Å². The first-order chi connectivity index (χ1) is 13.6. The van der Waals surface area contributed by atoms with E-state index in [1.165, 1.54) is 12.1 Å². The summed E-state index contributed by atoms with van der Waals surface area (Å²) >= 11 is 7.74. The molecule has 0 bridgehead atoms. The van der Waals surface area contributed by atoms with E-state index in [0.717, 1.165) is 40.1 Å². The van der Waals surface area contributed by atoms with Gasteiger partial charge in [0, 0.05) is 30.6 Å². The quantitative estimate of drug-likeness (QED) is 0.482. The van der Waals surface area contributed by atoms with E-state index in [1.54, 1.807) is 11.3 Å². The third-order valence-corrected chi connectivity index (χ3v) is 5.86. The van der Waals surface area contributed by atoms with Crippen LogP contribution in [0.15, 0.2) is 24.3 Å². The molecule has 1 saturated heterocycles. The number of aromatic nitrogens is 2. The van der Waals surface area contributed by atoms with Gasteiger partial charge in [-0.15, -0.1) is 11.3 Å². The van der Waals surface area contributed by atoms with Gasteiger partial charge >= 0.3 is 0 Å². The Labute approximate surface area is 170 Å². The number of halogens is 3. The molecule has 5 nitrogen and oxygen atoms in total. The van der Waals surface area contributed by atoms with Crippen molar-refractivity contribution in [3.8, 4) is 0 Å². The summed E-state index contributed by atoms with van der Waals surface area (Å²) in [6, 6.07) is 5.68. The highest BCUT2D eigenvalue weighted by Gasteiger charge is 2.19. The van der Waals surface area contributed by atoms with Gasteiger partial charge in [-0.1, -0.05) is 6.07 Å². The van der Waals surface area contributed by atoms with Crippen molar-refractivity contribution in [1.29, 1.82) is 0 Å². The zero-order chi connectivity index (χ0) is 19.5. The van der Waals surface area contributed by atoms with Crippen LogP contribution in [0.5, 0.6) is 0 Å². The van der Waals surface area contributed by atoms with Crippen LogP contribution in [0, 0.1) is 11.6 Å². The molecule has 0 radical (unpaired) electrons. The number of nitrogens with zero attached hydrogens (tertiary/aromatic N) is 3. The fourth-order valence-electron chi connectivity index (χ4n) is 3.17. The zero-order valence-corrected chi connectivity index (χ0v) is 16.6. The number of hydrogen-bond donors (Lipinski definition) is 1. The SMILES string of the molecule is Fc1ccc(CCNCc2cc3nc(Cl)nc(N4CCOCC4)c3s2)c(F)c1. The van der Waals surface area contributed by atoms with E-state index in [2.05, 4.69) is 20.2 Å². The lowest BCUT2D eigenvalue weighted by Crippen LogP contribution is -2.36. The molecule has 1 N–H and O–H groups in total. The molecule has 1 aliphatic heterocycles. The van der Waals surface area contributed by atoms with Gasteiger partial charge in [0.15, 0.2) is 5.82 Å². The van der Waals surface area contributed by atoms with Crippen molar-refractivity contribution in [3.05, 3.63) is 51.6 Å². The van der Waals surface area contributed by atoms with Gasteiger partial charge in [0.2, 0.25) is 5.28 Å². The first kappa shape index (κ1) is 19.4. The average Bonchev–Trinajstić information content (AvgIpc) is 3.09. The molecule has 9 heteroatoms. The number of rotatable bonds is 6. The Hall–Kier alpha value is -1.87. The molecule has 3 aromatic rings. The number of benzene rings is 1. The lowest BCUT2D eigenvalue weighted by atomic mass is 10.1. The Morgan fingerprint density at radius 1 is 1.18 bits per heavy atom. The predicted molar refractivity (Wildman–Crippen MR) is 107 cm³/mol. The summed E-state index contributed by atoms with van der Waals surface area (Å²) < 4.78 is 33.1. The normalized spacial score (nSPS) is 14.8. The van der Waals surface area contributed by atoms with Crippen molar-refractivity contribution in [1.82, 2.24) is 15.3 Å². The molecule has 4 rings (SSSR count). The second-order valence-electron chi connectivity index (χ2n) is 6.51. The van der Waals surface area contributed by atoms with Gasteiger partial charge in [0.05, 0.1) is 23.4 Å². The fourth-order valence-corrected chi connectivity index (χ4v) is 4.43. The van der Waals surface area contributed by atoms with Crippen LogP contribution in [0.25, 0.3) is 10.2 Å². The Balaban J connectivity index is 1.43. The summed E-state index contributed by atoms with van der Waals surface area (Å²) in [5.41, 5.74) is 1.32. The molecular weight excluding hydrogens is 406 g/mol. The monoisotopic (exact) mass is 424 g/mol. The number of fused-ring (bicyclic) bond motifs is 1. The van der Waals surface area contributed by atoms with Crippen LogP contribution in [-0.2, 0) is 17.7 Å². The third kappa shape index (κ3) is 4.41. The van der Waals surface area contributed by atoms with Gasteiger partial charge in [0.1, 0.15) is 11.6 Å². The highest BCUT2D eigenvalue weighted by molar-refractivity contribution is 7.19. The van der Waals surface area contributed by atoms with Gasteiger partial charge in [-0.2, -0.15) is 4.98 Å². The number of thiophene rings is 1. The Bertz CT molecular complexity index is 978. The molecule has 0 spiro atoms. The number of hydrogen-bond acceptors (Lipinski definition) is 6. The Morgan fingerprint density at radius 3 is 2.79 bits per heavy atom. The van der Waals surface area contributed by atoms with Crippen LogP contribution >= 0.6 is 22.9 Å². The molecule has 1 aliphatic rings. The lowest BCUT2D eigenvalue weighted by Gasteiger charge is -2.28. The smallest absolute Gasteiger partial charge is 0.224 e. The maximum absolute atomic E-state index is 13.7. The molecule has 3 heterocycles. The zero-order valence-electron chi connectivity index (χ0n) is 15.1. The van der Waals surface area contributed by atoms with Crippen molar-refractivity contribution in [2.24, 2.45) is 0 Å². The number of ether oxygens (including phenoxy) is 1. The minimum absolute atomic E-state index is 0.234. The largest absolute Gasteiger partial charge is 0.378 e. The van der Waals surface area contributed by atoms with Gasteiger partial charge < -0.3 is 15.0 Å². The standard InChI is InChI=1S/C19H19ClF2N4OS/c20-19-24-16-10-14(11-23-4-3-12-1-2-13(21)9-15(12)22)28-17(16)18(25-19)26-5-7-27-8-6-26/h1-2,9-10,23H,3-8,11H2. The number of morpholine rings is 1. The van der Waals surface area contributed by atoms with Crippen LogP contribution < -0.4 is 10.2 Å². The molecule has 0 aliphatic carbocycles. The van der Waals surface area contributed by atoms with Crippen LogP contribution in [-0.4, -0.2) is 42.8 Å². The van der Waals surface area contributed by atoms with E-state index in [1.807, 2.05) is 6.07 Å². The lowest BCUT2D eigenvalue weighted by molar-refractivity contribution is 0.122. The van der Waals surface area contributed by atoms with Crippen LogP contribution in [0.3, 0.4) is 0 Å². The van der Waals surface area contributed by atoms with E-state index >= 15 is 0 Å². The van der Waals surface area contributed by atoms with Gasteiger partial charge in [-0.3, -0.25) is 0 Å². The number of nitrogens with one attached hydrogen (secondary N) is 1. The fraction of sp³-hybridized carbons (Fsp3) is 0.368. The van der Waals surface area contributed by atoms with Crippen LogP contribution in [0.1, 0.15) is 10.4 Å². The summed E-state index contributed by atoms with van der Waals surface area (Å²) in [6.45, 7) is 4.10. The highest BCUT2D eigenvalue weighted by atomic mass is 35.5. The highest BCUT2D eigenvalue weighted by Crippen LogP contribution is 2.33. The molecule has 28 heavy (non-hydrogen) atoms. The molecule has 0 saturated carbocycles. The third-order valence-electron chi connectivity index (χ3n) is 4.57. The second kappa shape index (κ2) is 8.65. The molecule has 0 amide bonds. The van der Waals surface area contributed by atoms with Crippen LogP contribution in [0.2, 0.25) is 5.28 Å². The maximum atomic E-state index is 13.7. The molecule has 1 fully saturated rings. The van der Waals surface area contributed by atoms with Crippen LogP contribution in [0.4, 0.5) is 14.6 Å². The molecule has 1 aromatic carbocycles. The average molecular weight is 425 g/mol. The second-order valence-corrected chi connectivity index (χ2v) is 7.98.